The molecule has 122 valence electrons. The van der Waals surface area contributed by atoms with Crippen LogP contribution < -0.4 is 9.46 Å². The van der Waals surface area contributed by atoms with Crippen molar-refractivity contribution in [2.45, 2.75) is 24.8 Å². The Bertz CT molecular complexity index is 685. The molecule has 0 spiro atoms. The number of hydrogen-bond donors (Lipinski definition) is 2. The van der Waals surface area contributed by atoms with Crippen LogP contribution in [-0.2, 0) is 14.8 Å². The Hall–Kier alpha value is -2.20. The zero-order valence-electron chi connectivity index (χ0n) is 12.1. The van der Waals surface area contributed by atoms with E-state index in [1.807, 2.05) is 4.72 Å². The fraction of sp³-hybridized carbons (Fsp3) is 0.417. The summed E-state index contributed by atoms with van der Waals surface area (Å²) in [5, 5.41) is 20.1. The molecule has 0 heterocycles. The molecule has 0 bridgehead atoms. The van der Waals surface area contributed by atoms with Crippen molar-refractivity contribution in [3.05, 3.63) is 28.3 Å². The summed E-state index contributed by atoms with van der Waals surface area (Å²) >= 11 is 0. The second-order valence-corrected chi connectivity index (χ2v) is 6.45. The number of carbonyl (C=O) groups is 1. The first-order chi connectivity index (χ1) is 10.1. The van der Waals surface area contributed by atoms with Crippen molar-refractivity contribution in [1.82, 2.24) is 4.72 Å². The number of nitrogens with zero attached hydrogens (tertiary/aromatic N) is 1. The molecular formula is C12H16N2O7S. The summed E-state index contributed by atoms with van der Waals surface area (Å²) in [6.07, 6.45) is 0. The third-order valence-corrected chi connectivity index (χ3v) is 4.36. The molecule has 1 atom stereocenters. The fourth-order valence-corrected chi connectivity index (χ4v) is 3.19. The van der Waals surface area contributed by atoms with E-state index < -0.39 is 43.5 Å². The van der Waals surface area contributed by atoms with E-state index in [9.17, 15) is 23.3 Å². The Morgan fingerprint density at radius 1 is 1.41 bits per heavy atom. The van der Waals surface area contributed by atoms with Crippen LogP contribution in [0.4, 0.5) is 5.69 Å². The molecule has 0 unspecified atom stereocenters. The van der Waals surface area contributed by atoms with E-state index in [0.29, 0.717) is 0 Å². The van der Waals surface area contributed by atoms with Gasteiger partial charge in [0, 0.05) is 0 Å². The minimum atomic E-state index is -4.38. The highest BCUT2D eigenvalue weighted by Gasteiger charge is 2.32. The number of ether oxygens (including phenoxy) is 1. The number of nitrogens with one attached hydrogen (secondary N) is 1. The van der Waals surface area contributed by atoms with Gasteiger partial charge in [0.15, 0.2) is 4.90 Å². The Morgan fingerprint density at radius 2 is 2.00 bits per heavy atom. The standard InChI is InChI=1S/C12H16N2O7S/c1-7(2)11(12(15)16)13-22(19,20)10-5-4-8(21-3)6-9(10)14(17)18/h4-7,11,13H,1-3H3,(H,15,16)/t11-/m0/s1. The highest BCUT2D eigenvalue weighted by molar-refractivity contribution is 7.89. The minimum Gasteiger partial charge on any atom is -0.497 e. The van der Waals surface area contributed by atoms with Gasteiger partial charge in [-0.1, -0.05) is 13.8 Å². The first-order valence-electron chi connectivity index (χ1n) is 6.17. The van der Waals surface area contributed by atoms with Crippen LogP contribution in [0.3, 0.4) is 0 Å². The molecule has 0 saturated heterocycles. The van der Waals surface area contributed by atoms with Gasteiger partial charge >= 0.3 is 5.97 Å². The highest BCUT2D eigenvalue weighted by atomic mass is 32.2. The van der Waals surface area contributed by atoms with Crippen molar-refractivity contribution >= 4 is 21.7 Å². The van der Waals surface area contributed by atoms with E-state index in [-0.39, 0.29) is 5.75 Å². The Morgan fingerprint density at radius 3 is 2.41 bits per heavy atom. The summed E-state index contributed by atoms with van der Waals surface area (Å²) in [5.74, 6) is -1.79. The third-order valence-electron chi connectivity index (χ3n) is 2.87. The first kappa shape index (κ1) is 17.9. The molecule has 0 aromatic heterocycles. The summed E-state index contributed by atoms with van der Waals surface area (Å²) in [6, 6.07) is 1.80. The Balaban J connectivity index is 3.34. The van der Waals surface area contributed by atoms with Crippen molar-refractivity contribution < 1.29 is 28.0 Å². The van der Waals surface area contributed by atoms with Gasteiger partial charge in [-0.2, -0.15) is 4.72 Å². The number of sulfonamides is 1. The van der Waals surface area contributed by atoms with Gasteiger partial charge in [-0.15, -0.1) is 0 Å². The lowest BCUT2D eigenvalue weighted by molar-refractivity contribution is -0.387. The van der Waals surface area contributed by atoms with E-state index in [1.54, 1.807) is 0 Å². The Labute approximate surface area is 127 Å². The van der Waals surface area contributed by atoms with Crippen LogP contribution in [0.25, 0.3) is 0 Å². The number of rotatable bonds is 7. The quantitative estimate of drug-likeness (QED) is 0.561. The zero-order valence-corrected chi connectivity index (χ0v) is 13.0. The summed E-state index contributed by atoms with van der Waals surface area (Å²) in [7, 11) is -3.10. The topological polar surface area (TPSA) is 136 Å². The number of nitro benzene ring substituents is 1. The minimum absolute atomic E-state index is 0.115. The largest absolute Gasteiger partial charge is 0.497 e. The van der Waals surface area contributed by atoms with Gasteiger partial charge in [0.25, 0.3) is 5.69 Å². The number of hydrogen-bond acceptors (Lipinski definition) is 6. The molecule has 10 heteroatoms. The van der Waals surface area contributed by atoms with Gasteiger partial charge in [-0.3, -0.25) is 14.9 Å². The van der Waals surface area contributed by atoms with Gasteiger partial charge in [0.2, 0.25) is 10.0 Å². The molecule has 0 aliphatic rings. The van der Waals surface area contributed by atoms with E-state index in [0.717, 1.165) is 12.1 Å². The zero-order chi connectivity index (χ0) is 17.1. The molecule has 0 radical (unpaired) electrons. The number of methoxy groups -OCH3 is 1. The summed E-state index contributed by atoms with van der Waals surface area (Å²) in [6.45, 7) is 3.04. The van der Waals surface area contributed by atoms with E-state index in [2.05, 4.69) is 0 Å². The smallest absolute Gasteiger partial charge is 0.322 e. The maximum atomic E-state index is 12.3. The van der Waals surface area contributed by atoms with Crippen molar-refractivity contribution in [3.63, 3.8) is 0 Å². The van der Waals surface area contributed by atoms with Crippen LogP contribution >= 0.6 is 0 Å². The van der Waals surface area contributed by atoms with Crippen LogP contribution in [0, 0.1) is 16.0 Å². The molecular weight excluding hydrogens is 316 g/mol. The molecule has 0 aliphatic heterocycles. The Kier molecular flexibility index (Phi) is 5.44. The fourth-order valence-electron chi connectivity index (χ4n) is 1.70. The van der Waals surface area contributed by atoms with Gasteiger partial charge in [-0.25, -0.2) is 8.42 Å². The van der Waals surface area contributed by atoms with Crippen molar-refractivity contribution in [2.24, 2.45) is 5.92 Å². The second kappa shape index (κ2) is 6.71. The summed E-state index contributed by atoms with van der Waals surface area (Å²) in [4.78, 5) is 20.6. The molecule has 9 nitrogen and oxygen atoms in total. The molecule has 0 fully saturated rings. The van der Waals surface area contributed by atoms with Gasteiger partial charge in [0.05, 0.1) is 18.1 Å². The highest BCUT2D eigenvalue weighted by Crippen LogP contribution is 2.28. The average molecular weight is 332 g/mol. The van der Waals surface area contributed by atoms with Crippen LogP contribution in [0.1, 0.15) is 13.8 Å². The molecule has 22 heavy (non-hydrogen) atoms. The third kappa shape index (κ3) is 3.92. The summed E-state index contributed by atoms with van der Waals surface area (Å²) in [5.41, 5.74) is -0.695. The first-order valence-corrected chi connectivity index (χ1v) is 7.66. The SMILES string of the molecule is COc1ccc(S(=O)(=O)N[C@H](C(=O)O)C(C)C)c([N+](=O)[O-])c1. The number of carboxylic acids is 1. The van der Waals surface area contributed by atoms with Crippen molar-refractivity contribution in [3.8, 4) is 5.75 Å². The van der Waals surface area contributed by atoms with Crippen LogP contribution in [0.2, 0.25) is 0 Å². The second-order valence-electron chi connectivity index (χ2n) is 4.77. The lowest BCUT2D eigenvalue weighted by atomic mass is 10.1. The number of benzene rings is 1. The molecule has 1 rings (SSSR count). The molecule has 0 saturated carbocycles. The molecule has 1 aromatic carbocycles. The molecule has 1 aromatic rings. The number of nitro groups is 1. The van der Waals surface area contributed by atoms with Gasteiger partial charge in [-0.05, 0) is 18.1 Å². The normalized spacial score (nSPS) is 12.9. The van der Waals surface area contributed by atoms with Gasteiger partial charge < -0.3 is 9.84 Å². The van der Waals surface area contributed by atoms with Crippen LogP contribution in [0.15, 0.2) is 23.1 Å². The van der Waals surface area contributed by atoms with E-state index in [1.165, 1.54) is 27.0 Å². The monoisotopic (exact) mass is 332 g/mol. The summed E-state index contributed by atoms with van der Waals surface area (Å²) < 4.78 is 31.3. The van der Waals surface area contributed by atoms with Crippen LogP contribution in [-0.4, -0.2) is 37.6 Å². The molecule has 0 amide bonds. The number of aliphatic carboxylic acids is 1. The van der Waals surface area contributed by atoms with Crippen molar-refractivity contribution in [2.75, 3.05) is 7.11 Å². The molecule has 0 aliphatic carbocycles. The maximum absolute atomic E-state index is 12.3. The average Bonchev–Trinajstić information content (AvgIpc) is 2.43. The lowest BCUT2D eigenvalue weighted by Gasteiger charge is -2.18. The van der Waals surface area contributed by atoms with Crippen LogP contribution in [0.5, 0.6) is 5.75 Å². The predicted molar refractivity (Wildman–Crippen MR) is 76.2 cm³/mol. The van der Waals surface area contributed by atoms with E-state index in [4.69, 9.17) is 9.84 Å². The maximum Gasteiger partial charge on any atom is 0.322 e. The van der Waals surface area contributed by atoms with Crippen molar-refractivity contribution in [1.29, 1.82) is 0 Å². The van der Waals surface area contributed by atoms with E-state index >= 15 is 0 Å². The van der Waals surface area contributed by atoms with Gasteiger partial charge in [0.1, 0.15) is 11.8 Å². The number of carboxylic acid groups (broad SMARTS) is 1. The molecule has 2 N–H and O–H groups in total. The lowest BCUT2D eigenvalue weighted by Crippen LogP contribution is -2.44. The predicted octanol–water partition coefficient (Wildman–Crippen LogP) is 0.991.